The Hall–Kier alpha value is -2.86. The molecule has 0 aliphatic rings. The molecule has 1 aromatic heterocycles. The standard InChI is InChI=1S/C17H15N3O2S/c1-22-14-9-5-8-13(10-14)20(16(18)21)17-19-11-15(23-17)12-6-3-2-4-7-12/h2-11H,1H3,(H2,18,21). The molecular weight excluding hydrogens is 310 g/mol. The summed E-state index contributed by atoms with van der Waals surface area (Å²) in [6.07, 6.45) is 1.74. The first-order chi connectivity index (χ1) is 11.2. The Morgan fingerprint density at radius 2 is 1.96 bits per heavy atom. The van der Waals surface area contributed by atoms with Crippen molar-refractivity contribution in [3.05, 3.63) is 60.8 Å². The summed E-state index contributed by atoms with van der Waals surface area (Å²) in [5, 5.41) is 0.518. The number of carbonyl (C=O) groups excluding carboxylic acids is 1. The van der Waals surface area contributed by atoms with Crippen molar-refractivity contribution in [3.63, 3.8) is 0 Å². The molecular formula is C17H15N3O2S. The zero-order valence-corrected chi connectivity index (χ0v) is 13.3. The van der Waals surface area contributed by atoms with E-state index in [1.807, 2.05) is 30.3 Å². The van der Waals surface area contributed by atoms with Crippen LogP contribution < -0.4 is 15.4 Å². The molecule has 0 spiro atoms. The van der Waals surface area contributed by atoms with Crippen LogP contribution in [-0.4, -0.2) is 18.1 Å². The van der Waals surface area contributed by atoms with Gasteiger partial charge >= 0.3 is 6.03 Å². The highest BCUT2D eigenvalue weighted by atomic mass is 32.1. The molecule has 6 heteroatoms. The second kappa shape index (κ2) is 6.50. The van der Waals surface area contributed by atoms with Crippen molar-refractivity contribution in [1.82, 2.24) is 4.98 Å². The van der Waals surface area contributed by atoms with E-state index in [0.29, 0.717) is 16.6 Å². The quantitative estimate of drug-likeness (QED) is 0.787. The van der Waals surface area contributed by atoms with Crippen molar-refractivity contribution in [2.75, 3.05) is 12.0 Å². The Bertz CT molecular complexity index is 817. The van der Waals surface area contributed by atoms with Crippen LogP contribution in [0, 0.1) is 0 Å². The van der Waals surface area contributed by atoms with Crippen molar-refractivity contribution in [2.24, 2.45) is 5.73 Å². The van der Waals surface area contributed by atoms with Crippen LogP contribution in [0.2, 0.25) is 0 Å². The summed E-state index contributed by atoms with van der Waals surface area (Å²) in [5.41, 5.74) is 7.22. The number of carbonyl (C=O) groups is 1. The molecule has 0 fully saturated rings. The van der Waals surface area contributed by atoms with Gasteiger partial charge in [0.15, 0.2) is 5.13 Å². The van der Waals surface area contributed by atoms with Gasteiger partial charge in [-0.1, -0.05) is 47.7 Å². The lowest BCUT2D eigenvalue weighted by molar-refractivity contribution is 0.256. The maximum Gasteiger partial charge on any atom is 0.325 e. The Labute approximate surface area is 138 Å². The summed E-state index contributed by atoms with van der Waals surface area (Å²) in [5.74, 6) is 0.647. The molecule has 0 saturated heterocycles. The minimum Gasteiger partial charge on any atom is -0.497 e. The molecule has 5 nitrogen and oxygen atoms in total. The van der Waals surface area contributed by atoms with Crippen molar-refractivity contribution >= 4 is 28.2 Å². The topological polar surface area (TPSA) is 68.5 Å². The lowest BCUT2D eigenvalue weighted by Crippen LogP contribution is -2.31. The molecule has 2 N–H and O–H groups in total. The Balaban J connectivity index is 1.99. The zero-order chi connectivity index (χ0) is 16.2. The number of amides is 2. The van der Waals surface area contributed by atoms with E-state index in [9.17, 15) is 4.79 Å². The van der Waals surface area contributed by atoms with E-state index < -0.39 is 6.03 Å². The van der Waals surface area contributed by atoms with Gasteiger partial charge in [0.25, 0.3) is 0 Å². The molecule has 2 aromatic carbocycles. The highest BCUT2D eigenvalue weighted by Crippen LogP contribution is 2.35. The molecule has 0 unspecified atom stereocenters. The first kappa shape index (κ1) is 15.1. The SMILES string of the molecule is COc1cccc(N(C(N)=O)c2ncc(-c3ccccc3)s2)c1. The predicted octanol–water partition coefficient (Wildman–Crippen LogP) is 4.04. The fourth-order valence-corrected chi connectivity index (χ4v) is 3.13. The minimum atomic E-state index is -0.591. The average molecular weight is 325 g/mol. The van der Waals surface area contributed by atoms with Gasteiger partial charge in [0.1, 0.15) is 5.75 Å². The molecule has 0 aliphatic heterocycles. The predicted molar refractivity (Wildman–Crippen MR) is 92.3 cm³/mol. The number of methoxy groups -OCH3 is 1. The largest absolute Gasteiger partial charge is 0.497 e. The monoisotopic (exact) mass is 325 g/mol. The number of hydrogen-bond donors (Lipinski definition) is 1. The fourth-order valence-electron chi connectivity index (χ4n) is 2.19. The third kappa shape index (κ3) is 3.17. The van der Waals surface area contributed by atoms with Crippen molar-refractivity contribution < 1.29 is 9.53 Å². The second-order valence-electron chi connectivity index (χ2n) is 4.75. The molecule has 0 bridgehead atoms. The van der Waals surface area contributed by atoms with Crippen molar-refractivity contribution in [1.29, 1.82) is 0 Å². The first-order valence-corrected chi connectivity index (χ1v) is 7.75. The normalized spacial score (nSPS) is 10.3. The van der Waals surface area contributed by atoms with E-state index in [1.165, 1.54) is 16.2 Å². The molecule has 1 heterocycles. The van der Waals surface area contributed by atoms with Gasteiger partial charge in [-0.25, -0.2) is 14.7 Å². The summed E-state index contributed by atoms with van der Waals surface area (Å²) in [7, 11) is 1.57. The summed E-state index contributed by atoms with van der Waals surface area (Å²) in [6, 6.07) is 16.4. The lowest BCUT2D eigenvalue weighted by atomic mass is 10.2. The van der Waals surface area contributed by atoms with Gasteiger partial charge in [0.05, 0.1) is 17.7 Å². The maximum absolute atomic E-state index is 11.9. The van der Waals surface area contributed by atoms with E-state index in [0.717, 1.165) is 10.4 Å². The third-order valence-electron chi connectivity index (χ3n) is 3.27. The molecule has 0 radical (unpaired) electrons. The van der Waals surface area contributed by atoms with Crippen LogP contribution in [0.5, 0.6) is 5.75 Å². The average Bonchev–Trinajstić information content (AvgIpc) is 3.05. The van der Waals surface area contributed by atoms with Crippen LogP contribution >= 0.6 is 11.3 Å². The van der Waals surface area contributed by atoms with E-state index >= 15 is 0 Å². The summed E-state index contributed by atoms with van der Waals surface area (Å²) in [6.45, 7) is 0. The second-order valence-corrected chi connectivity index (χ2v) is 5.76. The van der Waals surface area contributed by atoms with Gasteiger partial charge in [-0.05, 0) is 17.7 Å². The number of ether oxygens (including phenoxy) is 1. The summed E-state index contributed by atoms with van der Waals surface area (Å²) >= 11 is 1.40. The van der Waals surface area contributed by atoms with Crippen LogP contribution in [0.1, 0.15) is 0 Å². The number of urea groups is 1. The number of rotatable bonds is 4. The van der Waals surface area contributed by atoms with Crippen molar-refractivity contribution in [2.45, 2.75) is 0 Å². The molecule has 0 saturated carbocycles. The van der Waals surface area contributed by atoms with Gasteiger partial charge in [0, 0.05) is 12.3 Å². The van der Waals surface area contributed by atoms with Crippen LogP contribution in [0.3, 0.4) is 0 Å². The van der Waals surface area contributed by atoms with Gasteiger partial charge in [-0.3, -0.25) is 0 Å². The Kier molecular flexibility index (Phi) is 4.25. The van der Waals surface area contributed by atoms with E-state index in [2.05, 4.69) is 4.98 Å². The lowest BCUT2D eigenvalue weighted by Gasteiger charge is -2.17. The van der Waals surface area contributed by atoms with E-state index in [1.54, 1.807) is 37.6 Å². The molecule has 23 heavy (non-hydrogen) atoms. The van der Waals surface area contributed by atoms with E-state index in [4.69, 9.17) is 10.5 Å². The van der Waals surface area contributed by atoms with Gasteiger partial charge in [0.2, 0.25) is 0 Å². The highest BCUT2D eigenvalue weighted by molar-refractivity contribution is 7.19. The molecule has 3 rings (SSSR count). The summed E-state index contributed by atoms with van der Waals surface area (Å²) in [4.78, 5) is 18.6. The maximum atomic E-state index is 11.9. The van der Waals surface area contributed by atoms with Crippen LogP contribution in [0.15, 0.2) is 60.8 Å². The first-order valence-electron chi connectivity index (χ1n) is 6.94. The number of benzene rings is 2. The fraction of sp³-hybridized carbons (Fsp3) is 0.0588. The number of hydrogen-bond acceptors (Lipinski definition) is 4. The number of nitrogens with zero attached hydrogens (tertiary/aromatic N) is 2. The molecule has 2 amide bonds. The summed E-state index contributed by atoms with van der Waals surface area (Å²) < 4.78 is 5.20. The Morgan fingerprint density at radius 1 is 1.17 bits per heavy atom. The molecule has 0 aliphatic carbocycles. The highest BCUT2D eigenvalue weighted by Gasteiger charge is 2.19. The van der Waals surface area contributed by atoms with Crippen LogP contribution in [0.25, 0.3) is 10.4 Å². The smallest absolute Gasteiger partial charge is 0.325 e. The molecule has 116 valence electrons. The number of nitrogens with two attached hydrogens (primary N) is 1. The number of anilines is 2. The van der Waals surface area contributed by atoms with Gasteiger partial charge < -0.3 is 10.5 Å². The van der Waals surface area contributed by atoms with Gasteiger partial charge in [-0.15, -0.1) is 0 Å². The van der Waals surface area contributed by atoms with Crippen LogP contribution in [0.4, 0.5) is 15.6 Å². The van der Waals surface area contributed by atoms with Crippen molar-refractivity contribution in [3.8, 4) is 16.2 Å². The number of thiazole rings is 1. The minimum absolute atomic E-state index is 0.518. The van der Waals surface area contributed by atoms with Crippen LogP contribution in [-0.2, 0) is 0 Å². The third-order valence-corrected chi connectivity index (χ3v) is 4.31. The zero-order valence-electron chi connectivity index (χ0n) is 12.5. The molecule has 0 atom stereocenters. The number of primary amides is 1. The molecule has 3 aromatic rings. The Morgan fingerprint density at radius 3 is 2.65 bits per heavy atom. The van der Waals surface area contributed by atoms with E-state index in [-0.39, 0.29) is 0 Å². The van der Waals surface area contributed by atoms with Gasteiger partial charge in [-0.2, -0.15) is 0 Å². The number of aromatic nitrogens is 1.